The van der Waals surface area contributed by atoms with Crippen LogP contribution in [-0.2, 0) is 22.6 Å². The number of anilines is 2. The predicted molar refractivity (Wildman–Crippen MR) is 134 cm³/mol. The fourth-order valence-electron chi connectivity index (χ4n) is 4.28. The normalized spacial score (nSPS) is 16.4. The van der Waals surface area contributed by atoms with Gasteiger partial charge in [-0.25, -0.2) is 4.79 Å². The summed E-state index contributed by atoms with van der Waals surface area (Å²) in [6.45, 7) is 1.86. The molecular weight excluding hydrogens is 426 g/mol. The molecule has 2 heterocycles. The maximum absolute atomic E-state index is 12.8. The van der Waals surface area contributed by atoms with E-state index in [1.165, 1.54) is 22.9 Å². The molecule has 0 aromatic heterocycles. The van der Waals surface area contributed by atoms with Crippen molar-refractivity contribution in [1.29, 1.82) is 0 Å². The van der Waals surface area contributed by atoms with Gasteiger partial charge in [-0.2, -0.15) is 10.1 Å². The molecule has 5 rings (SSSR count). The van der Waals surface area contributed by atoms with Crippen LogP contribution in [0.3, 0.4) is 0 Å². The van der Waals surface area contributed by atoms with Crippen molar-refractivity contribution in [2.75, 3.05) is 16.5 Å². The summed E-state index contributed by atoms with van der Waals surface area (Å²) in [5.74, 6) is -1.69. The number of nitrogens with zero attached hydrogens (tertiary/aromatic N) is 3. The minimum atomic E-state index is -1.23. The average Bonchev–Trinajstić information content (AvgIpc) is 3.41. The van der Waals surface area contributed by atoms with Crippen molar-refractivity contribution in [3.63, 3.8) is 0 Å². The van der Waals surface area contributed by atoms with E-state index in [2.05, 4.69) is 46.4 Å². The van der Waals surface area contributed by atoms with Crippen molar-refractivity contribution in [2.45, 2.75) is 13.0 Å². The molecule has 1 amide bonds. The van der Waals surface area contributed by atoms with Gasteiger partial charge in [0.05, 0.1) is 11.3 Å². The molecule has 2 aliphatic rings. The molecule has 0 saturated carbocycles. The Morgan fingerprint density at radius 2 is 1.74 bits per heavy atom. The number of rotatable bonds is 6. The monoisotopic (exact) mass is 449 g/mol. The van der Waals surface area contributed by atoms with E-state index >= 15 is 0 Å². The molecular formula is C28H23N3O3. The van der Waals surface area contributed by atoms with Crippen LogP contribution < -0.4 is 9.91 Å². The molecule has 168 valence electrons. The number of hydrogen-bond donors (Lipinski definition) is 1. The summed E-state index contributed by atoms with van der Waals surface area (Å²) >= 11 is 0. The van der Waals surface area contributed by atoms with Gasteiger partial charge in [0, 0.05) is 18.8 Å². The second kappa shape index (κ2) is 9.19. The molecule has 0 atom stereocenters. The number of hydrogen-bond acceptors (Lipinski definition) is 4. The molecule has 0 radical (unpaired) electrons. The van der Waals surface area contributed by atoms with E-state index in [0.717, 1.165) is 30.1 Å². The van der Waals surface area contributed by atoms with Crippen LogP contribution in [0.4, 0.5) is 11.4 Å². The Hall–Kier alpha value is -4.45. The number of carboxylic acid groups (broad SMARTS) is 1. The largest absolute Gasteiger partial charge is 0.476 e. The van der Waals surface area contributed by atoms with E-state index in [1.807, 2.05) is 24.3 Å². The van der Waals surface area contributed by atoms with Gasteiger partial charge in [0.2, 0.25) is 0 Å². The number of carboxylic acids is 1. The summed E-state index contributed by atoms with van der Waals surface area (Å²) in [5.41, 5.74) is 5.13. The topological polar surface area (TPSA) is 73.2 Å². The van der Waals surface area contributed by atoms with Crippen LogP contribution in [0.15, 0.2) is 102 Å². The molecule has 3 aromatic rings. The van der Waals surface area contributed by atoms with Gasteiger partial charge in [0.15, 0.2) is 5.71 Å². The predicted octanol–water partition coefficient (Wildman–Crippen LogP) is 4.68. The number of para-hydroxylation sites is 1. The fraction of sp³-hybridized carbons (Fsp3) is 0.107. The molecule has 6 heteroatoms. The summed E-state index contributed by atoms with van der Waals surface area (Å²) in [7, 11) is 0. The standard InChI is InChI=1S/C28H23N3O3/c32-27-24(26(28(33)34)29-31(27)23-11-5-2-6-12-23)13-7-10-20-14-15-25-22(18-20)16-17-30(25)19-21-8-3-1-4-9-21/h1-15,18H,16-17,19H2,(H,33,34)/b10-7+,24-13-. The number of fused-ring (bicyclic) bond motifs is 1. The lowest BCUT2D eigenvalue weighted by Gasteiger charge is -2.19. The molecule has 34 heavy (non-hydrogen) atoms. The number of aliphatic carboxylic acids is 1. The van der Waals surface area contributed by atoms with Crippen LogP contribution in [0.25, 0.3) is 6.08 Å². The van der Waals surface area contributed by atoms with Crippen LogP contribution in [0, 0.1) is 0 Å². The highest BCUT2D eigenvalue weighted by Gasteiger charge is 2.34. The average molecular weight is 450 g/mol. The second-order valence-corrected chi connectivity index (χ2v) is 8.19. The Balaban J connectivity index is 1.33. The van der Waals surface area contributed by atoms with Gasteiger partial charge >= 0.3 is 5.97 Å². The van der Waals surface area contributed by atoms with Gasteiger partial charge in [-0.05, 0) is 53.5 Å². The van der Waals surface area contributed by atoms with Gasteiger partial charge in [0.25, 0.3) is 5.91 Å². The quantitative estimate of drug-likeness (QED) is 0.555. The van der Waals surface area contributed by atoms with Gasteiger partial charge in [-0.1, -0.05) is 66.7 Å². The molecule has 0 unspecified atom stereocenters. The third-order valence-corrected chi connectivity index (χ3v) is 5.94. The van der Waals surface area contributed by atoms with Crippen LogP contribution in [0.1, 0.15) is 16.7 Å². The third kappa shape index (κ3) is 4.26. The maximum atomic E-state index is 12.8. The number of benzene rings is 3. The fourth-order valence-corrected chi connectivity index (χ4v) is 4.28. The summed E-state index contributed by atoms with van der Waals surface area (Å²) in [4.78, 5) is 26.9. The maximum Gasteiger partial charge on any atom is 0.357 e. The number of allylic oxidation sites excluding steroid dienone is 2. The summed E-state index contributed by atoms with van der Waals surface area (Å²) < 4.78 is 0. The molecule has 0 saturated heterocycles. The summed E-state index contributed by atoms with van der Waals surface area (Å²) in [6, 6.07) is 25.5. The first kappa shape index (κ1) is 21.4. The molecule has 1 N–H and O–H groups in total. The SMILES string of the molecule is O=C(O)C1=NN(c2ccccc2)C(=O)/C1=C\C=C\c1ccc2c(c1)CCN2Cc1ccccc1. The summed E-state index contributed by atoms with van der Waals surface area (Å²) in [5, 5.41) is 14.7. The van der Waals surface area contributed by atoms with E-state index in [0.29, 0.717) is 5.69 Å². The first-order chi connectivity index (χ1) is 16.6. The van der Waals surface area contributed by atoms with Crippen molar-refractivity contribution < 1.29 is 14.7 Å². The van der Waals surface area contributed by atoms with E-state index in [9.17, 15) is 14.7 Å². The van der Waals surface area contributed by atoms with Gasteiger partial charge in [-0.3, -0.25) is 4.79 Å². The Morgan fingerprint density at radius 1 is 1.00 bits per heavy atom. The van der Waals surface area contributed by atoms with Crippen LogP contribution >= 0.6 is 0 Å². The highest BCUT2D eigenvalue weighted by Crippen LogP contribution is 2.30. The van der Waals surface area contributed by atoms with Crippen molar-refractivity contribution in [1.82, 2.24) is 0 Å². The zero-order valence-electron chi connectivity index (χ0n) is 18.5. The van der Waals surface area contributed by atoms with Gasteiger partial charge in [0.1, 0.15) is 0 Å². The Morgan fingerprint density at radius 3 is 2.47 bits per heavy atom. The lowest BCUT2D eigenvalue weighted by molar-refractivity contribution is -0.129. The zero-order chi connectivity index (χ0) is 23.5. The van der Waals surface area contributed by atoms with Crippen LogP contribution in [0.5, 0.6) is 0 Å². The third-order valence-electron chi connectivity index (χ3n) is 5.94. The number of amides is 1. The Bertz CT molecular complexity index is 1330. The van der Waals surface area contributed by atoms with E-state index in [4.69, 9.17) is 0 Å². The van der Waals surface area contributed by atoms with Crippen molar-refractivity contribution >= 4 is 35.0 Å². The van der Waals surface area contributed by atoms with Crippen LogP contribution in [0.2, 0.25) is 0 Å². The number of carbonyl (C=O) groups excluding carboxylic acids is 1. The molecule has 0 fully saturated rings. The zero-order valence-corrected chi connectivity index (χ0v) is 18.5. The number of carbonyl (C=O) groups is 2. The van der Waals surface area contributed by atoms with Crippen LogP contribution in [-0.4, -0.2) is 29.2 Å². The van der Waals surface area contributed by atoms with Crippen molar-refractivity contribution in [3.8, 4) is 0 Å². The molecule has 2 aliphatic heterocycles. The first-order valence-corrected chi connectivity index (χ1v) is 11.1. The van der Waals surface area contributed by atoms with E-state index < -0.39 is 11.9 Å². The Kier molecular flexibility index (Phi) is 5.79. The second-order valence-electron chi connectivity index (χ2n) is 8.19. The van der Waals surface area contributed by atoms with E-state index in [1.54, 1.807) is 30.3 Å². The lowest BCUT2D eigenvalue weighted by Crippen LogP contribution is -2.22. The Labute approximate surface area is 197 Å². The molecule has 3 aromatic carbocycles. The molecule has 0 bridgehead atoms. The van der Waals surface area contributed by atoms with Gasteiger partial charge in [-0.15, -0.1) is 0 Å². The first-order valence-electron chi connectivity index (χ1n) is 11.1. The lowest BCUT2D eigenvalue weighted by atomic mass is 10.1. The highest BCUT2D eigenvalue weighted by molar-refractivity contribution is 6.52. The van der Waals surface area contributed by atoms with Crippen molar-refractivity contribution in [2.24, 2.45) is 5.10 Å². The minimum Gasteiger partial charge on any atom is -0.476 e. The molecule has 0 aliphatic carbocycles. The smallest absolute Gasteiger partial charge is 0.357 e. The van der Waals surface area contributed by atoms with E-state index in [-0.39, 0.29) is 11.3 Å². The summed E-state index contributed by atoms with van der Waals surface area (Å²) in [6.07, 6.45) is 6.09. The minimum absolute atomic E-state index is 0.0581. The highest BCUT2D eigenvalue weighted by atomic mass is 16.4. The molecule has 6 nitrogen and oxygen atoms in total. The van der Waals surface area contributed by atoms with Gasteiger partial charge < -0.3 is 10.0 Å². The van der Waals surface area contributed by atoms with Crippen molar-refractivity contribution in [3.05, 3.63) is 113 Å². The number of hydrazone groups is 1. The molecule has 0 spiro atoms.